The molecule has 3 N–H and O–H groups in total. The Morgan fingerprint density at radius 2 is 1.94 bits per heavy atom. The van der Waals surface area contributed by atoms with E-state index in [9.17, 15) is 8.42 Å². The van der Waals surface area contributed by atoms with Crippen LogP contribution in [0.15, 0.2) is 22.5 Å². The van der Waals surface area contributed by atoms with Gasteiger partial charge < -0.3 is 5.73 Å². The lowest BCUT2D eigenvalue weighted by molar-refractivity contribution is 0.601. The van der Waals surface area contributed by atoms with Crippen molar-refractivity contribution in [3.05, 3.63) is 28.8 Å². The summed E-state index contributed by atoms with van der Waals surface area (Å²) in [6.45, 7) is 3.71. The topological polar surface area (TPSA) is 98.0 Å². The number of aromatic nitrogens is 2. The summed E-state index contributed by atoms with van der Waals surface area (Å²) < 4.78 is 26.6. The van der Waals surface area contributed by atoms with Gasteiger partial charge in [-0.2, -0.15) is 0 Å². The highest BCUT2D eigenvalue weighted by Gasteiger charge is 2.19. The van der Waals surface area contributed by atoms with E-state index >= 15 is 0 Å². The van der Waals surface area contributed by atoms with Crippen molar-refractivity contribution in [2.45, 2.75) is 18.7 Å². The van der Waals surface area contributed by atoms with Crippen LogP contribution in [0.25, 0.3) is 0 Å². The van der Waals surface area contributed by atoms with Crippen molar-refractivity contribution in [1.29, 1.82) is 0 Å². The number of anilines is 2. The quantitative estimate of drug-likeness (QED) is 0.833. The number of nitrogens with one attached hydrogen (secondary N) is 1. The summed E-state index contributed by atoms with van der Waals surface area (Å²) in [5, 5.41) is 7.41. The summed E-state index contributed by atoms with van der Waals surface area (Å²) in [4.78, 5) is 0.0563. The van der Waals surface area contributed by atoms with Crippen LogP contribution in [0.3, 0.4) is 0 Å². The average Bonchev–Trinajstić information content (AvgIpc) is 2.75. The normalized spacial score (nSPS) is 11.4. The first-order valence-electron chi connectivity index (χ1n) is 5.06. The molecule has 0 fully saturated rings. The molecule has 8 heteroatoms. The van der Waals surface area contributed by atoms with Crippen LogP contribution in [-0.2, 0) is 10.0 Å². The second-order valence-corrected chi connectivity index (χ2v) is 6.31. The number of nitrogens with two attached hydrogens (primary N) is 1. The van der Waals surface area contributed by atoms with Crippen molar-refractivity contribution in [2.24, 2.45) is 0 Å². The lowest BCUT2D eigenvalue weighted by atomic mass is 10.1. The van der Waals surface area contributed by atoms with Gasteiger partial charge in [-0.3, -0.25) is 4.72 Å². The molecule has 0 saturated carbocycles. The molecule has 0 radical (unpaired) electrons. The number of hydrogen-bond donors (Lipinski definition) is 2. The molecule has 0 saturated heterocycles. The van der Waals surface area contributed by atoms with Gasteiger partial charge in [-0.1, -0.05) is 11.3 Å². The van der Waals surface area contributed by atoms with Gasteiger partial charge in [-0.05, 0) is 37.1 Å². The van der Waals surface area contributed by atoms with Crippen molar-refractivity contribution >= 4 is 32.2 Å². The van der Waals surface area contributed by atoms with Crippen LogP contribution in [0.1, 0.15) is 11.1 Å². The van der Waals surface area contributed by atoms with E-state index in [2.05, 4.69) is 14.9 Å². The molecule has 2 rings (SSSR count). The number of hydrogen-bond acceptors (Lipinski definition) is 6. The van der Waals surface area contributed by atoms with Gasteiger partial charge in [0.2, 0.25) is 5.13 Å². The van der Waals surface area contributed by atoms with Gasteiger partial charge in [0.1, 0.15) is 10.4 Å². The fourth-order valence-corrected chi connectivity index (χ4v) is 3.32. The molecule has 0 aliphatic carbocycles. The summed E-state index contributed by atoms with van der Waals surface area (Å²) in [5.74, 6) is 0. The maximum atomic E-state index is 12.1. The minimum atomic E-state index is -3.72. The number of rotatable bonds is 3. The summed E-state index contributed by atoms with van der Waals surface area (Å²) in [7, 11) is -3.72. The first-order chi connectivity index (χ1) is 8.40. The minimum Gasteiger partial charge on any atom is -0.398 e. The minimum absolute atomic E-state index is 0.0563. The van der Waals surface area contributed by atoms with Crippen LogP contribution in [0.5, 0.6) is 0 Å². The van der Waals surface area contributed by atoms with E-state index < -0.39 is 10.0 Å². The molecule has 0 amide bonds. The van der Waals surface area contributed by atoms with Crippen molar-refractivity contribution in [1.82, 2.24) is 10.2 Å². The highest BCUT2D eigenvalue weighted by molar-refractivity contribution is 7.93. The van der Waals surface area contributed by atoms with E-state index in [1.54, 1.807) is 12.1 Å². The Kier molecular flexibility index (Phi) is 3.22. The van der Waals surface area contributed by atoms with E-state index in [4.69, 9.17) is 5.73 Å². The van der Waals surface area contributed by atoms with Gasteiger partial charge in [0.05, 0.1) is 5.69 Å². The Balaban J connectivity index is 2.44. The zero-order valence-corrected chi connectivity index (χ0v) is 11.5. The number of aryl methyl sites for hydroxylation is 2. The molecule has 0 aliphatic rings. The van der Waals surface area contributed by atoms with E-state index in [-0.39, 0.29) is 15.7 Å². The lowest BCUT2D eigenvalue weighted by Crippen LogP contribution is -2.15. The molecule has 2 aromatic rings. The van der Waals surface area contributed by atoms with Crippen LogP contribution in [-0.4, -0.2) is 18.6 Å². The highest BCUT2D eigenvalue weighted by atomic mass is 32.2. The first-order valence-corrected chi connectivity index (χ1v) is 7.42. The second-order valence-electron chi connectivity index (χ2n) is 3.82. The molecule has 1 aromatic carbocycles. The fraction of sp³-hybridized carbons (Fsp3) is 0.200. The van der Waals surface area contributed by atoms with Gasteiger partial charge in [0.15, 0.2) is 0 Å². The zero-order valence-electron chi connectivity index (χ0n) is 9.84. The number of nitrogens with zero attached hydrogens (tertiary/aromatic N) is 2. The molecule has 1 aromatic heterocycles. The molecular formula is C10H12N4O2S2. The third-order valence-corrected chi connectivity index (χ3v) is 4.63. The van der Waals surface area contributed by atoms with Gasteiger partial charge in [0, 0.05) is 0 Å². The predicted octanol–water partition coefficient (Wildman–Crippen LogP) is 1.54. The molecule has 0 spiro atoms. The summed E-state index contributed by atoms with van der Waals surface area (Å²) in [6, 6.07) is 3.19. The Hall–Kier alpha value is -1.67. The summed E-state index contributed by atoms with van der Waals surface area (Å²) in [6.07, 6.45) is 0. The second kappa shape index (κ2) is 4.54. The molecule has 0 aliphatic heterocycles. The van der Waals surface area contributed by atoms with Crippen LogP contribution < -0.4 is 10.5 Å². The van der Waals surface area contributed by atoms with Crippen LogP contribution in [0, 0.1) is 13.8 Å². The van der Waals surface area contributed by atoms with Crippen LogP contribution in [0.4, 0.5) is 10.8 Å². The molecule has 1 heterocycles. The van der Waals surface area contributed by atoms with Gasteiger partial charge in [0.25, 0.3) is 10.0 Å². The zero-order chi connectivity index (χ0) is 13.3. The molecule has 0 bridgehead atoms. The predicted molar refractivity (Wildman–Crippen MR) is 71.0 cm³/mol. The Bertz CT molecular complexity index is 665. The third kappa shape index (κ3) is 2.44. The van der Waals surface area contributed by atoms with Crippen molar-refractivity contribution in [2.75, 3.05) is 10.5 Å². The SMILES string of the molecule is Cc1cc(N)c(S(=O)(=O)Nc2nncs2)cc1C. The molecule has 0 atom stereocenters. The van der Waals surface area contributed by atoms with Crippen LogP contribution >= 0.6 is 11.3 Å². The Labute approximate surface area is 109 Å². The maximum Gasteiger partial charge on any atom is 0.265 e. The Morgan fingerprint density at radius 1 is 1.28 bits per heavy atom. The highest BCUT2D eigenvalue weighted by Crippen LogP contribution is 2.25. The Morgan fingerprint density at radius 3 is 2.56 bits per heavy atom. The lowest BCUT2D eigenvalue weighted by Gasteiger charge is -2.10. The number of benzene rings is 1. The van der Waals surface area contributed by atoms with Gasteiger partial charge >= 0.3 is 0 Å². The average molecular weight is 284 g/mol. The standard InChI is InChI=1S/C10H12N4O2S2/c1-6-3-8(11)9(4-7(6)2)18(15,16)14-10-13-12-5-17-10/h3-5H,11H2,1-2H3,(H,13,14). The largest absolute Gasteiger partial charge is 0.398 e. The van der Waals surface area contributed by atoms with E-state index in [1.807, 2.05) is 13.8 Å². The van der Waals surface area contributed by atoms with Gasteiger partial charge in [-0.25, -0.2) is 8.42 Å². The summed E-state index contributed by atoms with van der Waals surface area (Å²) >= 11 is 1.10. The van der Waals surface area contributed by atoms with Gasteiger partial charge in [-0.15, -0.1) is 10.2 Å². The van der Waals surface area contributed by atoms with Crippen molar-refractivity contribution in [3.8, 4) is 0 Å². The number of sulfonamides is 1. The van der Waals surface area contributed by atoms with E-state index in [0.29, 0.717) is 0 Å². The van der Waals surface area contributed by atoms with E-state index in [1.165, 1.54) is 5.51 Å². The van der Waals surface area contributed by atoms with E-state index in [0.717, 1.165) is 22.5 Å². The fourth-order valence-electron chi connectivity index (χ4n) is 1.43. The molecule has 18 heavy (non-hydrogen) atoms. The molecule has 96 valence electrons. The third-order valence-electron chi connectivity index (χ3n) is 2.50. The smallest absolute Gasteiger partial charge is 0.265 e. The van der Waals surface area contributed by atoms with Crippen molar-refractivity contribution < 1.29 is 8.42 Å². The summed E-state index contributed by atoms with van der Waals surface area (Å²) in [5.41, 5.74) is 9.23. The molecule has 6 nitrogen and oxygen atoms in total. The number of nitrogen functional groups attached to an aromatic ring is 1. The first kappa shape index (κ1) is 12.8. The maximum absolute atomic E-state index is 12.1. The monoisotopic (exact) mass is 284 g/mol. The van der Waals surface area contributed by atoms with Crippen LogP contribution in [0.2, 0.25) is 0 Å². The van der Waals surface area contributed by atoms with Crippen molar-refractivity contribution in [3.63, 3.8) is 0 Å². The molecule has 0 unspecified atom stereocenters. The molecular weight excluding hydrogens is 272 g/mol.